The Morgan fingerprint density at radius 3 is 2.06 bits per heavy atom. The molecule has 0 aliphatic carbocycles. The number of hydrogen-bond donors (Lipinski definition) is 8. The first-order valence-electron chi connectivity index (χ1n) is 10.6. The highest BCUT2D eigenvalue weighted by atomic mass is 32.2. The Hall–Kier alpha value is -3.07. The van der Waals surface area contributed by atoms with Crippen molar-refractivity contribution in [2.24, 2.45) is 27.9 Å². The van der Waals surface area contributed by atoms with Gasteiger partial charge in [-0.05, 0) is 44.6 Å². The van der Waals surface area contributed by atoms with Gasteiger partial charge in [-0.1, -0.05) is 0 Å². The monoisotopic (exact) mass is 504 g/mol. The molecule has 0 aliphatic rings. The van der Waals surface area contributed by atoms with E-state index in [0.717, 1.165) is 0 Å². The van der Waals surface area contributed by atoms with Gasteiger partial charge in [-0.15, -0.1) is 0 Å². The second kappa shape index (κ2) is 16.5. The van der Waals surface area contributed by atoms with Crippen LogP contribution in [0.25, 0.3) is 0 Å². The third-order valence-electron chi connectivity index (χ3n) is 4.59. The van der Waals surface area contributed by atoms with Crippen LogP contribution in [0.1, 0.15) is 39.0 Å². The van der Waals surface area contributed by atoms with Gasteiger partial charge in [0.1, 0.15) is 18.1 Å². The Kier molecular flexibility index (Phi) is 15.0. The molecule has 0 fully saturated rings. The summed E-state index contributed by atoms with van der Waals surface area (Å²) in [6.45, 7) is 1.57. The van der Waals surface area contributed by atoms with Gasteiger partial charge in [0, 0.05) is 13.0 Å². The van der Waals surface area contributed by atoms with Crippen molar-refractivity contribution in [3.05, 3.63) is 0 Å². The molecule has 14 nitrogen and oxygen atoms in total. The largest absolute Gasteiger partial charge is 0.480 e. The number of aliphatic carboxylic acids is 1. The molecule has 0 saturated carbocycles. The summed E-state index contributed by atoms with van der Waals surface area (Å²) < 4.78 is 0. The van der Waals surface area contributed by atoms with E-state index in [9.17, 15) is 29.1 Å². The van der Waals surface area contributed by atoms with E-state index in [1.807, 2.05) is 6.26 Å². The van der Waals surface area contributed by atoms with Crippen LogP contribution in [0.2, 0.25) is 0 Å². The van der Waals surface area contributed by atoms with Gasteiger partial charge in [0.2, 0.25) is 23.6 Å². The van der Waals surface area contributed by atoms with Crippen LogP contribution in [-0.4, -0.2) is 83.4 Å². The lowest BCUT2D eigenvalue weighted by Crippen LogP contribution is -2.56. The molecule has 0 aromatic heterocycles. The number of carboxylic acid groups (broad SMARTS) is 1. The topological polar surface area (TPSA) is 258 Å². The van der Waals surface area contributed by atoms with E-state index in [0.29, 0.717) is 18.6 Å². The van der Waals surface area contributed by atoms with Crippen LogP contribution in [0.3, 0.4) is 0 Å². The van der Waals surface area contributed by atoms with Crippen LogP contribution in [-0.2, 0) is 24.0 Å². The van der Waals surface area contributed by atoms with E-state index in [1.54, 1.807) is 0 Å². The van der Waals surface area contributed by atoms with Gasteiger partial charge in [0.05, 0.1) is 6.04 Å². The van der Waals surface area contributed by atoms with Crippen LogP contribution in [0.5, 0.6) is 0 Å². The van der Waals surface area contributed by atoms with Crippen molar-refractivity contribution in [1.82, 2.24) is 16.0 Å². The van der Waals surface area contributed by atoms with Crippen LogP contribution >= 0.6 is 11.8 Å². The minimum absolute atomic E-state index is 0.112. The minimum Gasteiger partial charge on any atom is -0.480 e. The number of primary amides is 1. The Labute approximate surface area is 202 Å². The normalized spacial score (nSPS) is 14.1. The van der Waals surface area contributed by atoms with Crippen LogP contribution in [0.4, 0.5) is 0 Å². The highest BCUT2D eigenvalue weighted by Gasteiger charge is 2.28. The smallest absolute Gasteiger partial charge is 0.326 e. The average Bonchev–Trinajstić information content (AvgIpc) is 2.75. The second-order valence-corrected chi connectivity index (χ2v) is 8.52. The number of nitrogens with one attached hydrogen (secondary N) is 3. The van der Waals surface area contributed by atoms with Crippen molar-refractivity contribution in [2.45, 2.75) is 63.2 Å². The summed E-state index contributed by atoms with van der Waals surface area (Å²) in [5, 5.41) is 16.5. The fourth-order valence-electron chi connectivity index (χ4n) is 2.65. The molecule has 34 heavy (non-hydrogen) atoms. The lowest BCUT2D eigenvalue weighted by Gasteiger charge is -2.23. The summed E-state index contributed by atoms with van der Waals surface area (Å²) in [7, 11) is 0. The number of hydrogen-bond acceptors (Lipinski definition) is 8. The fourth-order valence-corrected chi connectivity index (χ4v) is 3.14. The zero-order valence-electron chi connectivity index (χ0n) is 19.4. The third kappa shape index (κ3) is 13.5. The molecule has 4 atom stereocenters. The molecular weight excluding hydrogens is 468 g/mol. The number of carboxylic acids is 1. The van der Waals surface area contributed by atoms with E-state index in [-0.39, 0.29) is 31.8 Å². The molecule has 0 heterocycles. The van der Waals surface area contributed by atoms with Gasteiger partial charge in [0.15, 0.2) is 5.96 Å². The van der Waals surface area contributed by atoms with Crippen LogP contribution in [0, 0.1) is 0 Å². The predicted octanol–water partition coefficient (Wildman–Crippen LogP) is -3.06. The highest BCUT2D eigenvalue weighted by Crippen LogP contribution is 2.04. The SMILES string of the molecule is CSCCC(N)C(=O)NC(CCCN=C(N)N)C(=O)NC(C)C(=O)NC(CCC(N)=O)C(=O)O. The molecule has 4 amide bonds. The third-order valence-corrected chi connectivity index (χ3v) is 5.24. The molecule has 0 rings (SSSR count). The Morgan fingerprint density at radius 1 is 0.912 bits per heavy atom. The molecule has 194 valence electrons. The lowest BCUT2D eigenvalue weighted by atomic mass is 10.1. The summed E-state index contributed by atoms with van der Waals surface area (Å²) in [5.41, 5.74) is 21.4. The highest BCUT2D eigenvalue weighted by molar-refractivity contribution is 7.98. The maximum Gasteiger partial charge on any atom is 0.326 e. The number of amides is 4. The summed E-state index contributed by atoms with van der Waals surface area (Å²) in [6.07, 6.45) is 2.36. The van der Waals surface area contributed by atoms with Gasteiger partial charge < -0.3 is 44.0 Å². The standard InChI is InChI=1S/C19H36N8O6S/c1-10(15(29)27-13(18(32)33)5-6-14(21)28)25-17(31)12(4-3-8-24-19(22)23)26-16(30)11(20)7-9-34-2/h10-13H,3-9,20H2,1-2H3,(H2,21,28)(H,25,31)(H,26,30)(H,27,29)(H,32,33)(H4,22,23,24). The van der Waals surface area contributed by atoms with Crippen LogP contribution in [0.15, 0.2) is 4.99 Å². The van der Waals surface area contributed by atoms with Crippen molar-refractivity contribution < 1.29 is 29.1 Å². The van der Waals surface area contributed by atoms with Crippen molar-refractivity contribution in [3.8, 4) is 0 Å². The number of nitrogens with two attached hydrogens (primary N) is 4. The van der Waals surface area contributed by atoms with Crippen LogP contribution < -0.4 is 38.9 Å². The van der Waals surface area contributed by atoms with Crippen molar-refractivity contribution in [2.75, 3.05) is 18.6 Å². The summed E-state index contributed by atoms with van der Waals surface area (Å²) in [6, 6.07) is -4.33. The summed E-state index contributed by atoms with van der Waals surface area (Å²) >= 11 is 1.53. The number of rotatable bonds is 17. The van der Waals surface area contributed by atoms with Crippen molar-refractivity contribution in [1.29, 1.82) is 0 Å². The molecule has 4 unspecified atom stereocenters. The number of guanidine groups is 1. The van der Waals surface area contributed by atoms with Gasteiger partial charge in [-0.3, -0.25) is 24.2 Å². The Morgan fingerprint density at radius 2 is 1.53 bits per heavy atom. The number of aliphatic imine (C=N–C) groups is 1. The molecule has 0 bridgehead atoms. The molecule has 15 heteroatoms. The number of nitrogens with zero attached hydrogens (tertiary/aromatic N) is 1. The van der Waals surface area contributed by atoms with E-state index < -0.39 is 53.8 Å². The Bertz CT molecular complexity index is 746. The van der Waals surface area contributed by atoms with E-state index >= 15 is 0 Å². The quantitative estimate of drug-likeness (QED) is 0.0563. The molecule has 0 radical (unpaired) electrons. The molecule has 12 N–H and O–H groups in total. The molecule has 0 aliphatic heterocycles. The first-order chi connectivity index (χ1) is 15.9. The summed E-state index contributed by atoms with van der Waals surface area (Å²) in [5.74, 6) is -3.49. The maximum atomic E-state index is 12.8. The van der Waals surface area contributed by atoms with Gasteiger partial charge >= 0.3 is 5.97 Å². The van der Waals surface area contributed by atoms with Gasteiger partial charge in [-0.25, -0.2) is 4.79 Å². The molecule has 0 aromatic carbocycles. The molecule has 0 spiro atoms. The molecule has 0 aromatic rings. The van der Waals surface area contributed by atoms with Gasteiger partial charge in [-0.2, -0.15) is 11.8 Å². The van der Waals surface area contributed by atoms with E-state index in [4.69, 9.17) is 22.9 Å². The first-order valence-corrected chi connectivity index (χ1v) is 12.0. The predicted molar refractivity (Wildman–Crippen MR) is 128 cm³/mol. The minimum atomic E-state index is -1.36. The maximum absolute atomic E-state index is 12.8. The second-order valence-electron chi connectivity index (χ2n) is 7.53. The zero-order chi connectivity index (χ0) is 26.3. The number of carbonyl (C=O) groups is 5. The van der Waals surface area contributed by atoms with E-state index in [2.05, 4.69) is 20.9 Å². The number of carbonyl (C=O) groups excluding carboxylic acids is 4. The zero-order valence-corrected chi connectivity index (χ0v) is 20.2. The summed E-state index contributed by atoms with van der Waals surface area (Å²) in [4.78, 5) is 63.6. The Balaban J connectivity index is 5.16. The first kappa shape index (κ1) is 30.9. The van der Waals surface area contributed by atoms with Gasteiger partial charge in [0.25, 0.3) is 0 Å². The fraction of sp³-hybridized carbons (Fsp3) is 0.684. The molecular formula is C19H36N8O6S. The molecule has 0 saturated heterocycles. The van der Waals surface area contributed by atoms with Crippen molar-refractivity contribution in [3.63, 3.8) is 0 Å². The van der Waals surface area contributed by atoms with E-state index in [1.165, 1.54) is 18.7 Å². The number of thioether (sulfide) groups is 1. The lowest BCUT2D eigenvalue weighted by molar-refractivity contribution is -0.142. The van der Waals surface area contributed by atoms with Crippen molar-refractivity contribution >= 4 is 47.3 Å². The average molecular weight is 505 g/mol.